The van der Waals surface area contributed by atoms with Gasteiger partial charge in [0.1, 0.15) is 0 Å². The molecule has 0 amide bonds. The smallest absolute Gasteiger partial charge is 0.191 e. The van der Waals surface area contributed by atoms with Crippen LogP contribution in [-0.4, -0.2) is 51.0 Å². The van der Waals surface area contributed by atoms with Crippen molar-refractivity contribution in [2.75, 3.05) is 39.5 Å². The van der Waals surface area contributed by atoms with Crippen LogP contribution in [0.25, 0.3) is 0 Å². The summed E-state index contributed by atoms with van der Waals surface area (Å²) in [4.78, 5) is 4.77. The minimum atomic E-state index is -0.0451. The van der Waals surface area contributed by atoms with Gasteiger partial charge in [0.2, 0.25) is 0 Å². The molecule has 23 heavy (non-hydrogen) atoms. The first kappa shape index (κ1) is 22.9. The summed E-state index contributed by atoms with van der Waals surface area (Å²) in [5, 5.41) is 6.63. The van der Waals surface area contributed by atoms with E-state index >= 15 is 0 Å². The third kappa shape index (κ3) is 9.72. The van der Waals surface area contributed by atoms with Gasteiger partial charge in [0.25, 0.3) is 0 Å². The van der Waals surface area contributed by atoms with Crippen LogP contribution >= 0.6 is 24.0 Å². The fourth-order valence-electron chi connectivity index (χ4n) is 2.81. The van der Waals surface area contributed by atoms with Gasteiger partial charge < -0.3 is 20.1 Å². The number of aliphatic imine (C=N–C) groups is 1. The monoisotopic (exact) mass is 441 g/mol. The molecule has 0 saturated heterocycles. The molecule has 0 bridgehead atoms. The second-order valence-corrected chi connectivity index (χ2v) is 5.91. The molecule has 0 unspecified atom stereocenters. The van der Waals surface area contributed by atoms with E-state index in [2.05, 4.69) is 24.5 Å². The molecule has 6 heteroatoms. The van der Waals surface area contributed by atoms with Crippen molar-refractivity contribution in [3.8, 4) is 0 Å². The third-order valence-corrected chi connectivity index (χ3v) is 3.99. The van der Waals surface area contributed by atoms with E-state index in [1.807, 2.05) is 6.92 Å². The van der Waals surface area contributed by atoms with Crippen molar-refractivity contribution in [3.63, 3.8) is 0 Å². The van der Waals surface area contributed by atoms with Crippen LogP contribution in [0, 0.1) is 0 Å². The minimum Gasteiger partial charge on any atom is -0.380 e. The number of hydrogen-bond acceptors (Lipinski definition) is 3. The number of nitrogens with one attached hydrogen (secondary N) is 2. The van der Waals surface area contributed by atoms with Crippen molar-refractivity contribution in [2.24, 2.45) is 4.99 Å². The van der Waals surface area contributed by atoms with Gasteiger partial charge in [-0.05, 0) is 33.1 Å². The van der Waals surface area contributed by atoms with Crippen LogP contribution in [0.1, 0.15) is 59.3 Å². The Balaban J connectivity index is 0.00000484. The highest BCUT2D eigenvalue weighted by Crippen LogP contribution is 2.32. The maximum atomic E-state index is 6.20. The number of guanidine groups is 1. The molecule has 0 heterocycles. The Hall–Kier alpha value is -0.0800. The van der Waals surface area contributed by atoms with Crippen LogP contribution in [0.5, 0.6) is 0 Å². The van der Waals surface area contributed by atoms with Gasteiger partial charge in [-0.3, -0.25) is 4.99 Å². The standard InChI is InChI=1S/C17H35N3O2.HI/c1-4-13-22-17(10-8-7-9-11-17)15-20-16(18-5-2)19-12-14-21-6-3;/h4-15H2,1-3H3,(H2,18,19,20);1H. The molecule has 0 radical (unpaired) electrons. The minimum absolute atomic E-state index is 0. The third-order valence-electron chi connectivity index (χ3n) is 3.99. The topological polar surface area (TPSA) is 54.9 Å². The van der Waals surface area contributed by atoms with E-state index in [0.717, 1.165) is 58.1 Å². The maximum absolute atomic E-state index is 6.20. The highest BCUT2D eigenvalue weighted by molar-refractivity contribution is 14.0. The zero-order chi connectivity index (χ0) is 16.1. The van der Waals surface area contributed by atoms with Crippen molar-refractivity contribution >= 4 is 29.9 Å². The molecule has 0 atom stereocenters. The number of ether oxygens (including phenoxy) is 2. The fourth-order valence-corrected chi connectivity index (χ4v) is 2.81. The highest BCUT2D eigenvalue weighted by Gasteiger charge is 2.32. The zero-order valence-corrected chi connectivity index (χ0v) is 17.5. The van der Waals surface area contributed by atoms with E-state index in [9.17, 15) is 0 Å². The summed E-state index contributed by atoms with van der Waals surface area (Å²) in [5.41, 5.74) is -0.0451. The van der Waals surface area contributed by atoms with Crippen LogP contribution in [0.3, 0.4) is 0 Å². The molecule has 1 aliphatic carbocycles. The molecule has 2 N–H and O–H groups in total. The Morgan fingerprint density at radius 1 is 1.04 bits per heavy atom. The SMILES string of the molecule is CCCOC1(CN=C(NCC)NCCOCC)CCCCC1.I. The number of nitrogens with zero attached hydrogens (tertiary/aromatic N) is 1. The first-order valence-electron chi connectivity index (χ1n) is 9.00. The van der Waals surface area contributed by atoms with E-state index in [1.54, 1.807) is 0 Å². The maximum Gasteiger partial charge on any atom is 0.191 e. The molecule has 1 aliphatic rings. The van der Waals surface area contributed by atoms with Crippen LogP contribution in [0.15, 0.2) is 4.99 Å². The second-order valence-electron chi connectivity index (χ2n) is 5.91. The molecule has 0 aliphatic heterocycles. The molecule has 1 saturated carbocycles. The number of hydrogen-bond donors (Lipinski definition) is 2. The molecule has 0 aromatic heterocycles. The molecule has 1 fully saturated rings. The Morgan fingerprint density at radius 2 is 1.78 bits per heavy atom. The van der Waals surface area contributed by atoms with E-state index in [4.69, 9.17) is 14.5 Å². The molecule has 0 spiro atoms. The predicted molar refractivity (Wildman–Crippen MR) is 108 cm³/mol. The van der Waals surface area contributed by atoms with Gasteiger partial charge in [-0.15, -0.1) is 24.0 Å². The highest BCUT2D eigenvalue weighted by atomic mass is 127. The lowest BCUT2D eigenvalue weighted by molar-refractivity contribution is -0.0624. The van der Waals surface area contributed by atoms with Crippen molar-refractivity contribution in [1.82, 2.24) is 10.6 Å². The average molecular weight is 441 g/mol. The molecule has 138 valence electrons. The van der Waals surface area contributed by atoms with E-state index in [1.165, 1.54) is 19.3 Å². The normalized spacial score (nSPS) is 17.4. The van der Waals surface area contributed by atoms with Gasteiger partial charge in [0.15, 0.2) is 5.96 Å². The second kappa shape index (κ2) is 14.3. The molecular weight excluding hydrogens is 405 g/mol. The molecular formula is C17H36IN3O2. The Labute approximate surface area is 159 Å². The zero-order valence-electron chi connectivity index (χ0n) is 15.2. The summed E-state index contributed by atoms with van der Waals surface area (Å²) in [7, 11) is 0. The quantitative estimate of drug-likeness (QED) is 0.236. The number of rotatable bonds is 10. The van der Waals surface area contributed by atoms with Crippen molar-refractivity contribution in [3.05, 3.63) is 0 Å². The Kier molecular flexibility index (Phi) is 14.2. The van der Waals surface area contributed by atoms with E-state index < -0.39 is 0 Å². The Bertz CT molecular complexity index is 308. The van der Waals surface area contributed by atoms with Gasteiger partial charge in [-0.1, -0.05) is 26.2 Å². The number of halogens is 1. The van der Waals surface area contributed by atoms with Gasteiger partial charge in [0, 0.05) is 26.3 Å². The van der Waals surface area contributed by atoms with Gasteiger partial charge in [-0.2, -0.15) is 0 Å². The first-order chi connectivity index (χ1) is 10.8. The lowest BCUT2D eigenvalue weighted by atomic mass is 9.84. The van der Waals surface area contributed by atoms with Gasteiger partial charge in [0.05, 0.1) is 18.8 Å². The summed E-state index contributed by atoms with van der Waals surface area (Å²) < 4.78 is 11.6. The van der Waals surface area contributed by atoms with Crippen molar-refractivity contribution in [1.29, 1.82) is 0 Å². The lowest BCUT2D eigenvalue weighted by Crippen LogP contribution is -2.43. The van der Waals surface area contributed by atoms with Crippen molar-refractivity contribution < 1.29 is 9.47 Å². The Morgan fingerprint density at radius 3 is 2.39 bits per heavy atom. The summed E-state index contributed by atoms with van der Waals surface area (Å²) in [6, 6.07) is 0. The largest absolute Gasteiger partial charge is 0.380 e. The van der Waals surface area contributed by atoms with E-state index in [0.29, 0.717) is 6.61 Å². The fraction of sp³-hybridized carbons (Fsp3) is 0.941. The average Bonchev–Trinajstić information content (AvgIpc) is 2.55. The molecule has 0 aromatic carbocycles. The summed E-state index contributed by atoms with van der Waals surface area (Å²) in [5.74, 6) is 0.868. The van der Waals surface area contributed by atoms with Crippen LogP contribution in [-0.2, 0) is 9.47 Å². The lowest BCUT2D eigenvalue weighted by Gasteiger charge is -2.36. The molecule has 1 rings (SSSR count). The molecule has 5 nitrogen and oxygen atoms in total. The van der Waals surface area contributed by atoms with Gasteiger partial charge >= 0.3 is 0 Å². The van der Waals surface area contributed by atoms with Gasteiger partial charge in [-0.25, -0.2) is 0 Å². The predicted octanol–water partition coefficient (Wildman–Crippen LogP) is 3.33. The van der Waals surface area contributed by atoms with Crippen LogP contribution in [0.2, 0.25) is 0 Å². The first-order valence-corrected chi connectivity index (χ1v) is 9.00. The van der Waals surface area contributed by atoms with E-state index in [-0.39, 0.29) is 29.6 Å². The van der Waals surface area contributed by atoms with Crippen LogP contribution in [0.4, 0.5) is 0 Å². The summed E-state index contributed by atoms with van der Waals surface area (Å²) >= 11 is 0. The summed E-state index contributed by atoms with van der Waals surface area (Å²) in [6.07, 6.45) is 7.18. The molecule has 0 aromatic rings. The summed E-state index contributed by atoms with van der Waals surface area (Å²) in [6.45, 7) is 11.0. The van der Waals surface area contributed by atoms with Crippen LogP contribution < -0.4 is 10.6 Å². The van der Waals surface area contributed by atoms with Crippen molar-refractivity contribution in [2.45, 2.75) is 64.9 Å².